The van der Waals surface area contributed by atoms with Crippen molar-refractivity contribution in [2.75, 3.05) is 7.11 Å². The summed E-state index contributed by atoms with van der Waals surface area (Å²) in [6.07, 6.45) is -2.43. The maximum Gasteiger partial charge on any atom is 0.263 e. The molecule has 0 heterocycles. The lowest BCUT2D eigenvalue weighted by Gasteiger charge is -2.15. The number of rotatable bonds is 6. The van der Waals surface area contributed by atoms with Crippen molar-refractivity contribution < 1.29 is 13.5 Å². The van der Waals surface area contributed by atoms with Gasteiger partial charge in [0.15, 0.2) is 0 Å². The molecule has 0 aliphatic carbocycles. The van der Waals surface area contributed by atoms with Gasteiger partial charge in [-0.25, -0.2) is 8.78 Å². The third-order valence-electron chi connectivity index (χ3n) is 3.43. The van der Waals surface area contributed by atoms with Gasteiger partial charge in [-0.1, -0.05) is 30.3 Å². The average Bonchev–Trinajstić information content (AvgIpc) is 2.53. The van der Waals surface area contributed by atoms with Crippen molar-refractivity contribution in [3.8, 4) is 5.75 Å². The lowest BCUT2D eigenvalue weighted by molar-refractivity contribution is 0.151. The molecule has 2 rings (SSSR count). The fourth-order valence-corrected chi connectivity index (χ4v) is 2.12. The first-order valence-corrected chi connectivity index (χ1v) is 6.84. The summed E-state index contributed by atoms with van der Waals surface area (Å²) in [4.78, 5) is 0. The second-order valence-corrected chi connectivity index (χ2v) is 4.92. The van der Waals surface area contributed by atoms with Crippen LogP contribution in [0.5, 0.6) is 5.75 Å². The minimum absolute atomic E-state index is 0.0615. The van der Waals surface area contributed by atoms with E-state index in [1.165, 1.54) is 6.07 Å². The van der Waals surface area contributed by atoms with E-state index in [4.69, 9.17) is 4.74 Å². The Kier molecular flexibility index (Phi) is 5.28. The van der Waals surface area contributed by atoms with E-state index in [1.807, 2.05) is 37.3 Å². The summed E-state index contributed by atoms with van der Waals surface area (Å²) in [5.41, 5.74) is 2.04. The monoisotopic (exact) mass is 291 g/mol. The Hall–Kier alpha value is -1.94. The van der Waals surface area contributed by atoms with Crippen LogP contribution in [0, 0.1) is 0 Å². The molecule has 0 spiro atoms. The van der Waals surface area contributed by atoms with Crippen LogP contribution in [0.1, 0.15) is 36.1 Å². The normalized spacial score (nSPS) is 12.4. The lowest BCUT2D eigenvalue weighted by Crippen LogP contribution is -2.18. The van der Waals surface area contributed by atoms with Gasteiger partial charge in [0.2, 0.25) is 0 Å². The maximum absolute atomic E-state index is 12.6. The molecule has 1 atom stereocenters. The summed E-state index contributed by atoms with van der Waals surface area (Å²) < 4.78 is 30.4. The van der Waals surface area contributed by atoms with Gasteiger partial charge in [-0.05, 0) is 36.2 Å². The number of hydrogen-bond acceptors (Lipinski definition) is 2. The molecule has 0 unspecified atom stereocenters. The molecule has 0 bridgehead atoms. The van der Waals surface area contributed by atoms with Gasteiger partial charge in [0, 0.05) is 18.2 Å². The van der Waals surface area contributed by atoms with Crippen LogP contribution in [0.2, 0.25) is 0 Å². The third kappa shape index (κ3) is 4.26. The molecule has 4 heteroatoms. The van der Waals surface area contributed by atoms with Crippen molar-refractivity contribution in [3.05, 3.63) is 65.2 Å². The van der Waals surface area contributed by atoms with Gasteiger partial charge in [-0.3, -0.25) is 0 Å². The summed E-state index contributed by atoms with van der Waals surface area (Å²) >= 11 is 0. The Morgan fingerprint density at radius 3 is 2.38 bits per heavy atom. The highest BCUT2D eigenvalue weighted by Gasteiger charge is 2.08. The Morgan fingerprint density at radius 2 is 1.76 bits per heavy atom. The molecule has 2 aromatic carbocycles. The highest BCUT2D eigenvalue weighted by molar-refractivity contribution is 5.29. The predicted molar refractivity (Wildman–Crippen MR) is 79.6 cm³/mol. The molecule has 0 saturated carbocycles. The summed E-state index contributed by atoms with van der Waals surface area (Å²) in [7, 11) is 1.63. The van der Waals surface area contributed by atoms with Gasteiger partial charge in [-0.2, -0.15) is 0 Å². The fraction of sp³-hybridized carbons (Fsp3) is 0.294. The second-order valence-electron chi connectivity index (χ2n) is 4.92. The zero-order chi connectivity index (χ0) is 15.2. The molecule has 0 radical (unpaired) electrons. The molecule has 1 N–H and O–H groups in total. The highest BCUT2D eigenvalue weighted by Crippen LogP contribution is 2.21. The van der Waals surface area contributed by atoms with E-state index in [1.54, 1.807) is 19.2 Å². The fourth-order valence-electron chi connectivity index (χ4n) is 2.12. The molecule has 0 amide bonds. The molecule has 21 heavy (non-hydrogen) atoms. The number of ether oxygens (including phenoxy) is 1. The topological polar surface area (TPSA) is 21.3 Å². The zero-order valence-electron chi connectivity index (χ0n) is 12.1. The third-order valence-corrected chi connectivity index (χ3v) is 3.43. The van der Waals surface area contributed by atoms with E-state index < -0.39 is 6.43 Å². The molecule has 0 aliphatic rings. The van der Waals surface area contributed by atoms with Crippen LogP contribution in [-0.4, -0.2) is 7.11 Å². The number of hydrogen-bond donors (Lipinski definition) is 1. The standard InChI is InChI=1S/C17H19F2NO/c1-12(14-6-8-16(21-2)9-7-14)20-11-13-4-3-5-15(10-13)17(18)19/h3-10,12,17,20H,11H2,1-2H3/t12-/m0/s1. The van der Waals surface area contributed by atoms with Crippen LogP contribution < -0.4 is 10.1 Å². The van der Waals surface area contributed by atoms with Crippen molar-refractivity contribution in [3.63, 3.8) is 0 Å². The first kappa shape index (κ1) is 15.4. The minimum atomic E-state index is -2.43. The molecule has 0 aliphatic heterocycles. The number of halogens is 2. The Labute approximate surface area is 123 Å². The molecule has 0 fully saturated rings. The van der Waals surface area contributed by atoms with Gasteiger partial charge in [0.05, 0.1) is 7.11 Å². The zero-order valence-corrected chi connectivity index (χ0v) is 12.1. The van der Waals surface area contributed by atoms with Crippen molar-refractivity contribution in [1.82, 2.24) is 5.32 Å². The van der Waals surface area contributed by atoms with E-state index >= 15 is 0 Å². The van der Waals surface area contributed by atoms with Crippen LogP contribution >= 0.6 is 0 Å². The lowest BCUT2D eigenvalue weighted by atomic mass is 10.1. The van der Waals surface area contributed by atoms with E-state index in [9.17, 15) is 8.78 Å². The van der Waals surface area contributed by atoms with E-state index in [0.29, 0.717) is 6.54 Å². The van der Waals surface area contributed by atoms with Crippen molar-refractivity contribution in [1.29, 1.82) is 0 Å². The van der Waals surface area contributed by atoms with Crippen LogP contribution in [0.4, 0.5) is 8.78 Å². The van der Waals surface area contributed by atoms with Gasteiger partial charge in [0.1, 0.15) is 5.75 Å². The quantitative estimate of drug-likeness (QED) is 0.847. The summed E-state index contributed by atoms with van der Waals surface area (Å²) in [5.74, 6) is 0.815. The maximum atomic E-state index is 12.6. The summed E-state index contributed by atoms with van der Waals surface area (Å²) in [6, 6.07) is 14.4. The van der Waals surface area contributed by atoms with Crippen molar-refractivity contribution in [2.45, 2.75) is 25.9 Å². The molecule has 0 aromatic heterocycles. The van der Waals surface area contributed by atoms with Crippen LogP contribution in [0.25, 0.3) is 0 Å². The number of methoxy groups -OCH3 is 1. The first-order chi connectivity index (χ1) is 10.1. The van der Waals surface area contributed by atoms with Crippen LogP contribution in [0.15, 0.2) is 48.5 Å². The SMILES string of the molecule is COc1ccc([C@H](C)NCc2cccc(C(F)F)c2)cc1. The largest absolute Gasteiger partial charge is 0.497 e. The Morgan fingerprint density at radius 1 is 1.05 bits per heavy atom. The number of alkyl halides is 2. The summed E-state index contributed by atoms with van der Waals surface area (Å²) in [6.45, 7) is 2.59. The Balaban J connectivity index is 1.96. The molecule has 112 valence electrons. The van der Waals surface area contributed by atoms with Gasteiger partial charge in [0.25, 0.3) is 6.43 Å². The number of nitrogens with one attached hydrogen (secondary N) is 1. The average molecular weight is 291 g/mol. The van der Waals surface area contributed by atoms with Crippen molar-refractivity contribution >= 4 is 0 Å². The Bertz CT molecular complexity index is 569. The highest BCUT2D eigenvalue weighted by atomic mass is 19.3. The number of benzene rings is 2. The molecule has 0 saturated heterocycles. The molecule has 2 aromatic rings. The van der Waals surface area contributed by atoms with E-state index in [0.717, 1.165) is 16.9 Å². The van der Waals surface area contributed by atoms with Crippen LogP contribution in [0.3, 0.4) is 0 Å². The van der Waals surface area contributed by atoms with E-state index in [-0.39, 0.29) is 11.6 Å². The molecular weight excluding hydrogens is 272 g/mol. The summed E-state index contributed by atoms with van der Waals surface area (Å²) in [5, 5.41) is 3.33. The first-order valence-electron chi connectivity index (χ1n) is 6.84. The molecule has 2 nitrogen and oxygen atoms in total. The van der Waals surface area contributed by atoms with E-state index in [2.05, 4.69) is 5.32 Å². The van der Waals surface area contributed by atoms with Crippen molar-refractivity contribution in [2.24, 2.45) is 0 Å². The van der Waals surface area contributed by atoms with Gasteiger partial charge >= 0.3 is 0 Å². The smallest absolute Gasteiger partial charge is 0.263 e. The molecular formula is C17H19F2NO. The van der Waals surface area contributed by atoms with Crippen LogP contribution in [-0.2, 0) is 6.54 Å². The van der Waals surface area contributed by atoms with Gasteiger partial charge < -0.3 is 10.1 Å². The van der Waals surface area contributed by atoms with Gasteiger partial charge in [-0.15, -0.1) is 0 Å². The predicted octanol–water partition coefficient (Wildman–Crippen LogP) is 4.48. The second kappa shape index (κ2) is 7.18. The minimum Gasteiger partial charge on any atom is -0.497 e.